The first kappa shape index (κ1) is 19.4. The number of benzene rings is 2. The Morgan fingerprint density at radius 2 is 0.870 bits per heavy atom. The van der Waals surface area contributed by atoms with Crippen molar-refractivity contribution >= 4 is 0 Å². The normalized spacial score (nSPS) is 10.8. The van der Waals surface area contributed by atoms with Crippen LogP contribution >= 0.6 is 0 Å². The summed E-state index contributed by atoms with van der Waals surface area (Å²) in [4.78, 5) is 0. The molecular weight excluding hydrogens is 278 g/mol. The van der Waals surface area contributed by atoms with Gasteiger partial charge < -0.3 is 4.48 Å². The molecule has 0 N–H and O–H groups in total. The van der Waals surface area contributed by atoms with Crippen LogP contribution in [0.1, 0.15) is 40.0 Å². The molecule has 0 aliphatic carbocycles. The molecule has 126 valence electrons. The van der Waals surface area contributed by atoms with E-state index in [1.165, 1.54) is 54.5 Å². The molecule has 2 aromatic rings. The highest BCUT2D eigenvalue weighted by atomic mass is 15.3. The quantitative estimate of drug-likeness (QED) is 0.549. The molecule has 0 saturated carbocycles. The van der Waals surface area contributed by atoms with Crippen LogP contribution in [0.4, 0.5) is 0 Å². The summed E-state index contributed by atoms with van der Waals surface area (Å²) in [5, 5.41) is 0. The molecule has 0 heterocycles. The van der Waals surface area contributed by atoms with Crippen molar-refractivity contribution in [2.75, 3.05) is 26.7 Å². The van der Waals surface area contributed by atoms with E-state index >= 15 is 0 Å². The third-order valence-electron chi connectivity index (χ3n) is 4.17. The molecule has 0 unspecified atom stereocenters. The first-order valence-corrected chi connectivity index (χ1v) is 9.09. The predicted octanol–water partition coefficient (Wildman–Crippen LogP) is 6.02. The van der Waals surface area contributed by atoms with Crippen LogP contribution in [0.2, 0.25) is 0 Å². The van der Waals surface area contributed by atoms with Gasteiger partial charge in [0.2, 0.25) is 0 Å². The van der Waals surface area contributed by atoms with Crippen molar-refractivity contribution in [1.82, 2.24) is 0 Å². The standard InChI is InChI=1S/C12H10.C10H24N/c1-3-7-11(8-4-1)12-9-5-2-6-10-12;1-5-8-11(4,9-6-2)10-7-3/h1-10H;5-10H2,1-4H3/q;+1. The molecule has 2 rings (SSSR count). The molecule has 1 heteroatoms. The Morgan fingerprint density at radius 1 is 0.565 bits per heavy atom. The van der Waals surface area contributed by atoms with Gasteiger partial charge in [0.05, 0.1) is 26.7 Å². The van der Waals surface area contributed by atoms with E-state index in [1.54, 1.807) is 0 Å². The maximum absolute atomic E-state index is 2.39. The fourth-order valence-electron chi connectivity index (χ4n) is 3.22. The third kappa shape index (κ3) is 7.47. The number of hydrogen-bond acceptors (Lipinski definition) is 0. The van der Waals surface area contributed by atoms with E-state index < -0.39 is 0 Å². The first-order valence-electron chi connectivity index (χ1n) is 9.09. The average Bonchev–Trinajstić information content (AvgIpc) is 2.58. The number of nitrogens with zero attached hydrogens (tertiary/aromatic N) is 1. The van der Waals surface area contributed by atoms with Gasteiger partial charge in [-0.15, -0.1) is 0 Å². The Kier molecular flexibility index (Phi) is 9.31. The van der Waals surface area contributed by atoms with Gasteiger partial charge in [0.15, 0.2) is 0 Å². The molecule has 0 atom stereocenters. The van der Waals surface area contributed by atoms with Gasteiger partial charge in [-0.05, 0) is 30.4 Å². The van der Waals surface area contributed by atoms with E-state index in [0.29, 0.717) is 0 Å². The lowest BCUT2D eigenvalue weighted by Gasteiger charge is -2.33. The van der Waals surface area contributed by atoms with Crippen molar-refractivity contribution in [1.29, 1.82) is 0 Å². The second kappa shape index (κ2) is 11.0. The van der Waals surface area contributed by atoms with Gasteiger partial charge in [-0.1, -0.05) is 81.4 Å². The Balaban J connectivity index is 0.000000232. The summed E-state index contributed by atoms with van der Waals surface area (Å²) in [6.45, 7) is 10.9. The van der Waals surface area contributed by atoms with Gasteiger partial charge in [-0.2, -0.15) is 0 Å². The second-order valence-corrected chi connectivity index (χ2v) is 6.52. The average molecular weight is 313 g/mol. The molecule has 2 aromatic carbocycles. The largest absolute Gasteiger partial charge is 0.326 e. The van der Waals surface area contributed by atoms with Gasteiger partial charge in [0.1, 0.15) is 0 Å². The van der Waals surface area contributed by atoms with Crippen LogP contribution in [0.3, 0.4) is 0 Å². The van der Waals surface area contributed by atoms with Crippen molar-refractivity contribution in [2.24, 2.45) is 0 Å². The lowest BCUT2D eigenvalue weighted by Crippen LogP contribution is -2.45. The summed E-state index contributed by atoms with van der Waals surface area (Å²) in [6.07, 6.45) is 3.95. The molecule has 0 fully saturated rings. The summed E-state index contributed by atoms with van der Waals surface area (Å²) in [5.41, 5.74) is 2.55. The molecule has 0 aromatic heterocycles. The van der Waals surface area contributed by atoms with E-state index in [0.717, 1.165) is 0 Å². The zero-order valence-electron chi connectivity index (χ0n) is 15.5. The van der Waals surface area contributed by atoms with Gasteiger partial charge in [-0.25, -0.2) is 0 Å². The van der Waals surface area contributed by atoms with Crippen molar-refractivity contribution in [3.05, 3.63) is 60.7 Å². The maximum Gasteiger partial charge on any atom is 0.0781 e. The highest BCUT2D eigenvalue weighted by Crippen LogP contribution is 2.17. The third-order valence-corrected chi connectivity index (χ3v) is 4.17. The zero-order chi connectivity index (χ0) is 17.0. The van der Waals surface area contributed by atoms with Crippen molar-refractivity contribution in [3.63, 3.8) is 0 Å². The highest BCUT2D eigenvalue weighted by Gasteiger charge is 2.16. The summed E-state index contributed by atoms with van der Waals surface area (Å²) >= 11 is 0. The van der Waals surface area contributed by atoms with E-state index in [2.05, 4.69) is 76.3 Å². The van der Waals surface area contributed by atoms with E-state index in [9.17, 15) is 0 Å². The van der Waals surface area contributed by atoms with Crippen molar-refractivity contribution in [2.45, 2.75) is 40.0 Å². The molecule has 0 saturated heterocycles. The Bertz CT molecular complexity index is 449. The Morgan fingerprint density at radius 3 is 1.13 bits per heavy atom. The highest BCUT2D eigenvalue weighted by molar-refractivity contribution is 5.62. The summed E-state index contributed by atoms with van der Waals surface area (Å²) in [5.74, 6) is 0. The lowest BCUT2D eigenvalue weighted by atomic mass is 10.1. The minimum absolute atomic E-state index is 1.28. The molecule has 0 bridgehead atoms. The molecule has 0 aliphatic rings. The molecule has 0 radical (unpaired) electrons. The number of quaternary nitrogens is 1. The monoisotopic (exact) mass is 312 g/mol. The van der Waals surface area contributed by atoms with Crippen LogP contribution in [0.5, 0.6) is 0 Å². The summed E-state index contributed by atoms with van der Waals surface area (Å²) in [6, 6.07) is 20.8. The molecule has 0 amide bonds. The minimum Gasteiger partial charge on any atom is -0.326 e. The van der Waals surface area contributed by atoms with Gasteiger partial charge in [0.25, 0.3) is 0 Å². The van der Waals surface area contributed by atoms with Crippen LogP contribution in [-0.4, -0.2) is 31.2 Å². The van der Waals surface area contributed by atoms with E-state index in [-0.39, 0.29) is 0 Å². The van der Waals surface area contributed by atoms with E-state index in [4.69, 9.17) is 0 Å². The zero-order valence-corrected chi connectivity index (χ0v) is 15.5. The fourth-order valence-corrected chi connectivity index (χ4v) is 3.22. The molecule has 0 aliphatic heterocycles. The van der Waals surface area contributed by atoms with Gasteiger partial charge in [-0.3, -0.25) is 0 Å². The first-order chi connectivity index (χ1) is 11.1. The molecular formula is C22H34N+. The summed E-state index contributed by atoms with van der Waals surface area (Å²) in [7, 11) is 2.39. The van der Waals surface area contributed by atoms with Crippen LogP contribution in [0, 0.1) is 0 Å². The smallest absolute Gasteiger partial charge is 0.0781 e. The van der Waals surface area contributed by atoms with Crippen LogP contribution in [-0.2, 0) is 0 Å². The van der Waals surface area contributed by atoms with Gasteiger partial charge in [0, 0.05) is 0 Å². The number of rotatable bonds is 7. The lowest BCUT2D eigenvalue weighted by molar-refractivity contribution is -0.909. The van der Waals surface area contributed by atoms with E-state index in [1.807, 2.05) is 12.1 Å². The van der Waals surface area contributed by atoms with Crippen molar-refractivity contribution in [3.8, 4) is 11.1 Å². The molecule has 23 heavy (non-hydrogen) atoms. The SMILES string of the molecule is CCC[N+](C)(CCC)CCC.c1ccc(-c2ccccc2)cc1. The Hall–Kier alpha value is -1.60. The molecule has 1 nitrogen and oxygen atoms in total. The van der Waals surface area contributed by atoms with Crippen LogP contribution < -0.4 is 0 Å². The molecule has 0 spiro atoms. The maximum atomic E-state index is 2.39. The number of hydrogen-bond donors (Lipinski definition) is 0. The predicted molar refractivity (Wildman–Crippen MR) is 104 cm³/mol. The van der Waals surface area contributed by atoms with Gasteiger partial charge >= 0.3 is 0 Å². The minimum atomic E-state index is 1.28. The fraction of sp³-hybridized carbons (Fsp3) is 0.455. The summed E-state index contributed by atoms with van der Waals surface area (Å²) < 4.78 is 1.28. The van der Waals surface area contributed by atoms with Crippen molar-refractivity contribution < 1.29 is 4.48 Å². The topological polar surface area (TPSA) is 0 Å². The Labute approximate surface area is 143 Å². The van der Waals surface area contributed by atoms with Crippen LogP contribution in [0.25, 0.3) is 11.1 Å². The van der Waals surface area contributed by atoms with Crippen LogP contribution in [0.15, 0.2) is 60.7 Å². The second-order valence-electron chi connectivity index (χ2n) is 6.52.